The average molecular weight is 422 g/mol. The van der Waals surface area contributed by atoms with Crippen LogP contribution < -0.4 is 10.6 Å². The van der Waals surface area contributed by atoms with Crippen LogP contribution in [0.4, 0.5) is 5.69 Å². The minimum atomic E-state index is -0.337. The molecule has 2 amide bonds. The highest BCUT2D eigenvalue weighted by Gasteiger charge is 2.17. The Morgan fingerprint density at radius 3 is 2.19 bits per heavy atom. The van der Waals surface area contributed by atoms with Crippen LogP contribution in [0, 0.1) is 0 Å². The highest BCUT2D eigenvalue weighted by molar-refractivity contribution is 6.29. The molecule has 0 spiro atoms. The van der Waals surface area contributed by atoms with E-state index in [1.165, 1.54) is 0 Å². The van der Waals surface area contributed by atoms with Crippen LogP contribution in [-0.4, -0.2) is 11.8 Å². The molecular formula is C27H22N2O3. The maximum atomic E-state index is 13.2. The van der Waals surface area contributed by atoms with E-state index in [0.29, 0.717) is 29.1 Å². The minimum Gasteiger partial charge on any atom is -0.465 e. The van der Waals surface area contributed by atoms with Gasteiger partial charge in [-0.05, 0) is 41.5 Å². The van der Waals surface area contributed by atoms with E-state index >= 15 is 0 Å². The summed E-state index contributed by atoms with van der Waals surface area (Å²) in [5.41, 5.74) is 2.99. The second-order valence-corrected chi connectivity index (χ2v) is 7.11. The fourth-order valence-corrected chi connectivity index (χ4v) is 3.27. The van der Waals surface area contributed by atoms with Crippen LogP contribution in [0.2, 0.25) is 0 Å². The standard InChI is InChI=1S/C27H22N2O3/c30-26(28-19-20-10-3-1-4-11-20)23-15-7-8-16-25(23)29-27(31)24(18-22-14-9-17-32-22)21-12-5-2-6-13-21/h1-18H,19H2,(H,28,30)(H,29,31)/b24-18+. The van der Waals surface area contributed by atoms with Crippen molar-refractivity contribution in [1.29, 1.82) is 0 Å². The van der Waals surface area contributed by atoms with Crippen LogP contribution in [0.25, 0.3) is 11.6 Å². The molecule has 0 fully saturated rings. The van der Waals surface area contributed by atoms with E-state index in [9.17, 15) is 9.59 Å². The van der Waals surface area contributed by atoms with Crippen LogP contribution >= 0.6 is 0 Å². The summed E-state index contributed by atoms with van der Waals surface area (Å²) in [6.45, 7) is 0.398. The number of carbonyl (C=O) groups excluding carboxylic acids is 2. The van der Waals surface area contributed by atoms with Crippen molar-refractivity contribution in [2.24, 2.45) is 0 Å². The fourth-order valence-electron chi connectivity index (χ4n) is 3.27. The van der Waals surface area contributed by atoms with Gasteiger partial charge in [0.1, 0.15) is 5.76 Å². The first-order valence-corrected chi connectivity index (χ1v) is 10.2. The van der Waals surface area contributed by atoms with E-state index in [2.05, 4.69) is 10.6 Å². The molecule has 0 atom stereocenters. The third-order valence-electron chi connectivity index (χ3n) is 4.87. The molecule has 3 aromatic carbocycles. The zero-order valence-electron chi connectivity index (χ0n) is 17.3. The number of carbonyl (C=O) groups is 2. The van der Waals surface area contributed by atoms with Gasteiger partial charge < -0.3 is 15.1 Å². The summed E-state index contributed by atoms with van der Waals surface area (Å²) in [6.07, 6.45) is 3.24. The number of anilines is 1. The third kappa shape index (κ3) is 5.21. The van der Waals surface area contributed by atoms with E-state index < -0.39 is 0 Å². The molecule has 4 aromatic rings. The maximum Gasteiger partial charge on any atom is 0.256 e. The summed E-state index contributed by atoms with van der Waals surface area (Å²) in [5, 5.41) is 5.80. The minimum absolute atomic E-state index is 0.263. The molecule has 0 saturated carbocycles. The molecule has 4 rings (SSSR count). The quantitative estimate of drug-likeness (QED) is 0.392. The molecule has 0 saturated heterocycles. The summed E-state index contributed by atoms with van der Waals surface area (Å²) in [7, 11) is 0. The molecule has 0 unspecified atom stereocenters. The molecule has 1 heterocycles. The topological polar surface area (TPSA) is 71.3 Å². The Balaban J connectivity index is 1.56. The predicted octanol–water partition coefficient (Wildman–Crippen LogP) is 5.39. The molecule has 0 bridgehead atoms. The third-order valence-corrected chi connectivity index (χ3v) is 4.87. The summed E-state index contributed by atoms with van der Waals surface area (Å²) in [5.74, 6) is -0.0372. The second-order valence-electron chi connectivity index (χ2n) is 7.11. The smallest absolute Gasteiger partial charge is 0.256 e. The Bertz CT molecular complexity index is 1210. The fraction of sp³-hybridized carbons (Fsp3) is 0.0370. The van der Waals surface area contributed by atoms with Crippen LogP contribution in [-0.2, 0) is 11.3 Å². The molecule has 5 nitrogen and oxygen atoms in total. The number of hydrogen-bond acceptors (Lipinski definition) is 3. The molecule has 158 valence electrons. The van der Waals surface area contributed by atoms with Crippen LogP contribution in [0.15, 0.2) is 108 Å². The Hall–Kier alpha value is -4.38. The van der Waals surface area contributed by atoms with Gasteiger partial charge in [0.2, 0.25) is 0 Å². The maximum absolute atomic E-state index is 13.2. The zero-order valence-corrected chi connectivity index (χ0v) is 17.3. The van der Waals surface area contributed by atoms with Gasteiger partial charge in [-0.1, -0.05) is 72.8 Å². The Morgan fingerprint density at radius 1 is 0.781 bits per heavy atom. The van der Waals surface area contributed by atoms with Crippen molar-refractivity contribution in [3.63, 3.8) is 0 Å². The van der Waals surface area contributed by atoms with Gasteiger partial charge >= 0.3 is 0 Å². The first-order chi connectivity index (χ1) is 15.7. The normalized spacial score (nSPS) is 11.1. The van der Waals surface area contributed by atoms with Crippen molar-refractivity contribution in [1.82, 2.24) is 5.32 Å². The molecular weight excluding hydrogens is 400 g/mol. The highest BCUT2D eigenvalue weighted by Crippen LogP contribution is 2.23. The van der Waals surface area contributed by atoms with Gasteiger partial charge in [0.25, 0.3) is 11.8 Å². The number of nitrogens with one attached hydrogen (secondary N) is 2. The number of furan rings is 1. The van der Waals surface area contributed by atoms with Gasteiger partial charge in [-0.2, -0.15) is 0 Å². The van der Waals surface area contributed by atoms with Crippen LogP contribution in [0.1, 0.15) is 27.2 Å². The largest absolute Gasteiger partial charge is 0.465 e. The monoisotopic (exact) mass is 422 g/mol. The Morgan fingerprint density at radius 2 is 1.47 bits per heavy atom. The number of benzene rings is 3. The van der Waals surface area contributed by atoms with Gasteiger partial charge in [-0.25, -0.2) is 0 Å². The molecule has 0 aliphatic rings. The van der Waals surface area contributed by atoms with Crippen molar-refractivity contribution in [2.75, 3.05) is 5.32 Å². The van der Waals surface area contributed by atoms with E-state index in [4.69, 9.17) is 4.42 Å². The molecule has 0 aliphatic carbocycles. The van der Waals surface area contributed by atoms with Gasteiger partial charge in [0.05, 0.1) is 23.1 Å². The lowest BCUT2D eigenvalue weighted by molar-refractivity contribution is -0.111. The van der Waals surface area contributed by atoms with Crippen molar-refractivity contribution >= 4 is 29.2 Å². The summed E-state index contributed by atoms with van der Waals surface area (Å²) >= 11 is 0. The van der Waals surface area contributed by atoms with Gasteiger partial charge in [0, 0.05) is 6.54 Å². The SMILES string of the molecule is O=C(Nc1ccccc1C(=O)NCc1ccccc1)/C(=C/c1ccco1)c1ccccc1. The van der Waals surface area contributed by atoms with Gasteiger partial charge in [-0.15, -0.1) is 0 Å². The number of hydrogen-bond donors (Lipinski definition) is 2. The van der Waals surface area contributed by atoms with Crippen molar-refractivity contribution < 1.29 is 14.0 Å². The molecule has 2 N–H and O–H groups in total. The summed E-state index contributed by atoms with van der Waals surface area (Å²) in [6, 6.07) is 29.5. The first-order valence-electron chi connectivity index (χ1n) is 10.2. The first kappa shape index (κ1) is 20.9. The zero-order chi connectivity index (χ0) is 22.2. The number of amides is 2. The number of rotatable bonds is 7. The van der Waals surface area contributed by atoms with E-state index in [0.717, 1.165) is 11.1 Å². The molecule has 5 heteroatoms. The van der Waals surface area contributed by atoms with Crippen LogP contribution in [0.5, 0.6) is 0 Å². The lowest BCUT2D eigenvalue weighted by Crippen LogP contribution is -2.25. The van der Waals surface area contributed by atoms with Crippen molar-refractivity contribution in [3.8, 4) is 0 Å². The second kappa shape index (κ2) is 10.1. The van der Waals surface area contributed by atoms with Crippen molar-refractivity contribution in [3.05, 3.63) is 126 Å². The average Bonchev–Trinajstić information content (AvgIpc) is 3.36. The Labute approximate surface area is 186 Å². The molecule has 0 radical (unpaired) electrons. The van der Waals surface area contributed by atoms with Gasteiger partial charge in [0.15, 0.2) is 0 Å². The van der Waals surface area contributed by atoms with Crippen LogP contribution in [0.3, 0.4) is 0 Å². The Kier molecular flexibility index (Phi) is 6.58. The van der Waals surface area contributed by atoms with Crippen molar-refractivity contribution in [2.45, 2.75) is 6.54 Å². The summed E-state index contributed by atoms with van der Waals surface area (Å²) in [4.78, 5) is 26.1. The molecule has 0 aliphatic heterocycles. The van der Waals surface area contributed by atoms with E-state index in [1.54, 1.807) is 48.7 Å². The molecule has 1 aromatic heterocycles. The van der Waals surface area contributed by atoms with Gasteiger partial charge in [-0.3, -0.25) is 9.59 Å². The summed E-state index contributed by atoms with van der Waals surface area (Å²) < 4.78 is 5.40. The van der Waals surface area contributed by atoms with E-state index in [-0.39, 0.29) is 11.8 Å². The lowest BCUT2D eigenvalue weighted by atomic mass is 10.0. The number of para-hydroxylation sites is 1. The van der Waals surface area contributed by atoms with E-state index in [1.807, 2.05) is 60.7 Å². The highest BCUT2D eigenvalue weighted by atomic mass is 16.3. The molecule has 32 heavy (non-hydrogen) atoms. The lowest BCUT2D eigenvalue weighted by Gasteiger charge is -2.13. The predicted molar refractivity (Wildman–Crippen MR) is 126 cm³/mol.